The Bertz CT molecular complexity index is 713. The number of nitrogens with one attached hydrogen (secondary N) is 2. The van der Waals surface area contributed by atoms with Crippen LogP contribution >= 0.6 is 0 Å². The number of ether oxygens (including phenoxy) is 2. The molecule has 2 aromatic rings. The van der Waals surface area contributed by atoms with E-state index in [1.54, 1.807) is 14.2 Å². The van der Waals surface area contributed by atoms with Gasteiger partial charge in [-0.3, -0.25) is 9.89 Å². The van der Waals surface area contributed by atoms with E-state index in [0.29, 0.717) is 18.2 Å². The number of aromatic amines is 1. The molecule has 0 spiro atoms. The third-order valence-electron chi connectivity index (χ3n) is 4.94. The van der Waals surface area contributed by atoms with E-state index in [4.69, 9.17) is 9.47 Å². The van der Waals surface area contributed by atoms with E-state index >= 15 is 0 Å². The first-order valence-electron chi connectivity index (χ1n) is 9.22. The van der Waals surface area contributed by atoms with Gasteiger partial charge in [-0.2, -0.15) is 5.10 Å². The van der Waals surface area contributed by atoms with Gasteiger partial charge in [-0.1, -0.05) is 12.8 Å². The second-order valence-corrected chi connectivity index (χ2v) is 6.90. The summed E-state index contributed by atoms with van der Waals surface area (Å²) in [5.74, 6) is 2.77. The number of benzene rings is 1. The van der Waals surface area contributed by atoms with Crippen molar-refractivity contribution in [3.05, 3.63) is 35.5 Å². The minimum Gasteiger partial charge on any atom is -0.497 e. The molecule has 0 bridgehead atoms. The summed E-state index contributed by atoms with van der Waals surface area (Å²) >= 11 is 0. The maximum absolute atomic E-state index is 12.1. The summed E-state index contributed by atoms with van der Waals surface area (Å²) in [7, 11) is 3.29. The Morgan fingerprint density at radius 1 is 1.12 bits per heavy atom. The molecule has 0 unspecified atom stereocenters. The van der Waals surface area contributed by atoms with E-state index in [1.165, 1.54) is 25.7 Å². The number of anilines is 1. The van der Waals surface area contributed by atoms with Crippen LogP contribution in [0.2, 0.25) is 0 Å². The first-order chi connectivity index (χ1) is 12.7. The number of aromatic nitrogens is 2. The average molecular weight is 357 g/mol. The number of carbonyl (C=O) groups is 1. The van der Waals surface area contributed by atoms with Crippen LogP contribution in [0.15, 0.2) is 24.3 Å². The van der Waals surface area contributed by atoms with Crippen LogP contribution < -0.4 is 14.8 Å². The molecular weight excluding hydrogens is 330 g/mol. The quantitative estimate of drug-likeness (QED) is 0.755. The van der Waals surface area contributed by atoms with Gasteiger partial charge in [0.05, 0.1) is 14.2 Å². The zero-order valence-electron chi connectivity index (χ0n) is 15.5. The number of carbonyl (C=O) groups excluding carboxylic acids is 1. The first kappa shape index (κ1) is 18.3. The number of methoxy groups -OCH3 is 2. The summed E-state index contributed by atoms with van der Waals surface area (Å²) in [4.78, 5) is 12.1. The lowest BCUT2D eigenvalue weighted by molar-refractivity contribution is -0.117. The Kier molecular flexibility index (Phi) is 6.15. The van der Waals surface area contributed by atoms with E-state index < -0.39 is 0 Å². The van der Waals surface area contributed by atoms with Gasteiger partial charge in [0.1, 0.15) is 11.5 Å². The van der Waals surface area contributed by atoms with Gasteiger partial charge in [0.15, 0.2) is 5.82 Å². The Morgan fingerprint density at radius 3 is 2.46 bits per heavy atom. The highest BCUT2D eigenvalue weighted by atomic mass is 16.5. The molecular formula is C20H27N3O3. The van der Waals surface area contributed by atoms with E-state index in [0.717, 1.165) is 35.6 Å². The number of H-pyrrole nitrogens is 1. The van der Waals surface area contributed by atoms with Crippen LogP contribution in [0.25, 0.3) is 0 Å². The molecule has 1 amide bonds. The van der Waals surface area contributed by atoms with Crippen LogP contribution in [0.4, 0.5) is 5.82 Å². The summed E-state index contributed by atoms with van der Waals surface area (Å²) in [5, 5.41) is 10.1. The van der Waals surface area contributed by atoms with Crippen molar-refractivity contribution < 1.29 is 14.3 Å². The minimum atomic E-state index is 0.0625. The summed E-state index contributed by atoms with van der Waals surface area (Å²) in [6.45, 7) is 0. The van der Waals surface area contributed by atoms with E-state index in [-0.39, 0.29) is 5.91 Å². The fourth-order valence-electron chi connectivity index (χ4n) is 3.51. The maximum atomic E-state index is 12.1. The highest BCUT2D eigenvalue weighted by Crippen LogP contribution is 2.28. The Morgan fingerprint density at radius 2 is 1.81 bits per heavy atom. The molecule has 1 aromatic heterocycles. The molecule has 0 atom stereocenters. The lowest BCUT2D eigenvalue weighted by atomic mass is 10.0. The molecule has 0 aliphatic heterocycles. The molecule has 0 saturated heterocycles. The molecule has 6 nitrogen and oxygen atoms in total. The van der Waals surface area contributed by atoms with Crippen molar-refractivity contribution in [2.24, 2.45) is 5.92 Å². The fraction of sp³-hybridized carbons (Fsp3) is 0.500. The van der Waals surface area contributed by atoms with Gasteiger partial charge in [-0.25, -0.2) is 0 Å². The number of rotatable bonds is 8. The minimum absolute atomic E-state index is 0.0625. The third-order valence-corrected chi connectivity index (χ3v) is 4.94. The van der Waals surface area contributed by atoms with Gasteiger partial charge in [0.2, 0.25) is 5.91 Å². The van der Waals surface area contributed by atoms with Crippen LogP contribution in [0.1, 0.15) is 43.4 Å². The van der Waals surface area contributed by atoms with Gasteiger partial charge in [-0.15, -0.1) is 0 Å². The molecule has 6 heteroatoms. The van der Waals surface area contributed by atoms with E-state index in [2.05, 4.69) is 15.5 Å². The fourth-order valence-corrected chi connectivity index (χ4v) is 3.51. The van der Waals surface area contributed by atoms with Gasteiger partial charge < -0.3 is 14.8 Å². The second-order valence-electron chi connectivity index (χ2n) is 6.90. The Labute approximate surface area is 154 Å². The molecule has 1 aliphatic rings. The van der Waals surface area contributed by atoms with E-state index in [1.807, 2.05) is 24.3 Å². The molecule has 1 aliphatic carbocycles. The molecule has 2 N–H and O–H groups in total. The van der Waals surface area contributed by atoms with Crippen LogP contribution in [0, 0.1) is 5.92 Å². The van der Waals surface area contributed by atoms with Crippen molar-refractivity contribution in [3.8, 4) is 11.5 Å². The largest absolute Gasteiger partial charge is 0.497 e. The highest BCUT2D eigenvalue weighted by molar-refractivity contribution is 5.89. The molecule has 140 valence electrons. The molecule has 0 radical (unpaired) electrons. The van der Waals surface area contributed by atoms with Crippen molar-refractivity contribution in [2.45, 2.75) is 44.9 Å². The van der Waals surface area contributed by atoms with Crippen molar-refractivity contribution in [1.29, 1.82) is 0 Å². The molecule has 1 saturated carbocycles. The summed E-state index contributed by atoms with van der Waals surface area (Å²) in [6.07, 6.45) is 7.06. The monoisotopic (exact) mass is 357 g/mol. The molecule has 1 fully saturated rings. The smallest absolute Gasteiger partial charge is 0.225 e. The van der Waals surface area contributed by atoms with Crippen molar-refractivity contribution in [1.82, 2.24) is 10.2 Å². The SMILES string of the molecule is COc1cc(CCc2cc(NC(=O)CC3CCCC3)n[nH]2)cc(OC)c1. The lowest BCUT2D eigenvalue weighted by Gasteiger charge is -2.08. The number of amides is 1. The van der Waals surface area contributed by atoms with Gasteiger partial charge in [0.25, 0.3) is 0 Å². The van der Waals surface area contributed by atoms with Crippen LogP contribution in [0.5, 0.6) is 11.5 Å². The van der Waals surface area contributed by atoms with Gasteiger partial charge in [0, 0.05) is 24.2 Å². The second kappa shape index (κ2) is 8.74. The molecule has 1 heterocycles. The molecule has 3 rings (SSSR count). The normalized spacial score (nSPS) is 14.4. The Balaban J connectivity index is 1.52. The zero-order chi connectivity index (χ0) is 18.4. The predicted octanol–water partition coefficient (Wildman–Crippen LogP) is 3.73. The van der Waals surface area contributed by atoms with Crippen LogP contribution in [-0.4, -0.2) is 30.3 Å². The third kappa shape index (κ3) is 5.00. The Hall–Kier alpha value is -2.50. The predicted molar refractivity (Wildman–Crippen MR) is 101 cm³/mol. The van der Waals surface area contributed by atoms with Gasteiger partial charge >= 0.3 is 0 Å². The highest BCUT2D eigenvalue weighted by Gasteiger charge is 2.18. The number of hydrogen-bond donors (Lipinski definition) is 2. The first-order valence-corrected chi connectivity index (χ1v) is 9.22. The van der Waals surface area contributed by atoms with Crippen molar-refractivity contribution in [3.63, 3.8) is 0 Å². The molecule has 26 heavy (non-hydrogen) atoms. The van der Waals surface area contributed by atoms with Gasteiger partial charge in [-0.05, 0) is 49.3 Å². The lowest BCUT2D eigenvalue weighted by Crippen LogP contribution is -2.15. The summed E-state index contributed by atoms with van der Waals surface area (Å²) in [5.41, 5.74) is 2.12. The van der Waals surface area contributed by atoms with Crippen molar-refractivity contribution >= 4 is 11.7 Å². The zero-order valence-corrected chi connectivity index (χ0v) is 15.5. The summed E-state index contributed by atoms with van der Waals surface area (Å²) in [6, 6.07) is 7.77. The average Bonchev–Trinajstić information content (AvgIpc) is 3.31. The topological polar surface area (TPSA) is 76.2 Å². The van der Waals surface area contributed by atoms with Crippen LogP contribution in [0.3, 0.4) is 0 Å². The van der Waals surface area contributed by atoms with Crippen LogP contribution in [-0.2, 0) is 17.6 Å². The van der Waals surface area contributed by atoms with E-state index in [9.17, 15) is 4.79 Å². The molecule has 1 aromatic carbocycles. The number of nitrogens with zero attached hydrogens (tertiary/aromatic N) is 1. The maximum Gasteiger partial charge on any atom is 0.225 e. The number of aryl methyl sites for hydroxylation is 2. The standard InChI is InChI=1S/C20H27N3O3/c1-25-17-9-15(10-18(13-17)26-2)7-8-16-12-19(23-22-16)21-20(24)11-14-5-3-4-6-14/h9-10,12-14H,3-8,11H2,1-2H3,(H2,21,22,23,24). The number of hydrogen-bond acceptors (Lipinski definition) is 4. The summed E-state index contributed by atoms with van der Waals surface area (Å²) < 4.78 is 10.6. The van der Waals surface area contributed by atoms with Crippen molar-refractivity contribution in [2.75, 3.05) is 19.5 Å².